The van der Waals surface area contributed by atoms with Gasteiger partial charge in [-0.2, -0.15) is 5.06 Å². The molecule has 1 aliphatic heterocycles. The molecule has 1 aliphatic rings. The molecule has 170 valence electrons. The van der Waals surface area contributed by atoms with E-state index in [2.05, 4.69) is 4.98 Å². The van der Waals surface area contributed by atoms with Crippen LogP contribution in [-0.2, 0) is 27.5 Å². The molecule has 0 radical (unpaired) electrons. The van der Waals surface area contributed by atoms with Crippen LogP contribution in [0.15, 0.2) is 24.4 Å². The fourth-order valence-corrected chi connectivity index (χ4v) is 3.83. The van der Waals surface area contributed by atoms with Gasteiger partial charge >= 0.3 is 12.2 Å². The van der Waals surface area contributed by atoms with Gasteiger partial charge in [-0.15, -0.1) is 0 Å². The van der Waals surface area contributed by atoms with Crippen LogP contribution in [0.4, 0.5) is 9.59 Å². The predicted molar refractivity (Wildman–Crippen MR) is 120 cm³/mol. The number of amides is 1. The van der Waals surface area contributed by atoms with Gasteiger partial charge in [-0.05, 0) is 47.6 Å². The van der Waals surface area contributed by atoms with Gasteiger partial charge in [-0.1, -0.05) is 23.7 Å². The van der Waals surface area contributed by atoms with Crippen LogP contribution in [0.3, 0.4) is 0 Å². The first kappa shape index (κ1) is 22.4. The molecule has 0 spiro atoms. The molecule has 0 fully saturated rings. The van der Waals surface area contributed by atoms with Crippen LogP contribution in [0.1, 0.15) is 52.8 Å². The molecule has 1 amide bonds. The van der Waals surface area contributed by atoms with Gasteiger partial charge in [-0.25, -0.2) is 19.1 Å². The molecule has 4 rings (SSSR count). The monoisotopic (exact) mass is 459 g/mol. The Balaban J connectivity index is 1.91. The number of halogens is 1. The summed E-state index contributed by atoms with van der Waals surface area (Å²) in [5.74, 6) is 0. The fraction of sp³-hybridized carbons (Fsp3) is 0.435. The number of benzene rings is 1. The van der Waals surface area contributed by atoms with Crippen molar-refractivity contribution in [2.45, 2.75) is 65.9 Å². The average Bonchev–Trinajstić information content (AvgIpc) is 2.99. The van der Waals surface area contributed by atoms with E-state index in [0.717, 1.165) is 26.8 Å². The lowest BCUT2D eigenvalue weighted by atomic mass is 10.1. The first-order chi connectivity index (χ1) is 14.8. The summed E-state index contributed by atoms with van der Waals surface area (Å²) < 4.78 is 12.7. The number of aromatic nitrogens is 2. The lowest BCUT2D eigenvalue weighted by Gasteiger charge is -2.30. The summed E-state index contributed by atoms with van der Waals surface area (Å²) in [5, 5.41) is 3.85. The van der Waals surface area contributed by atoms with E-state index in [-0.39, 0.29) is 13.2 Å². The molecule has 3 heterocycles. The zero-order valence-electron chi connectivity index (χ0n) is 19.0. The molecule has 32 heavy (non-hydrogen) atoms. The van der Waals surface area contributed by atoms with Crippen molar-refractivity contribution in [2.75, 3.05) is 0 Å². The van der Waals surface area contributed by atoms with E-state index < -0.39 is 23.4 Å². The maximum atomic E-state index is 13.4. The molecule has 9 heteroatoms. The summed E-state index contributed by atoms with van der Waals surface area (Å²) in [6.45, 7) is 10.9. The maximum Gasteiger partial charge on any atom is 0.434 e. The molecule has 0 saturated carbocycles. The van der Waals surface area contributed by atoms with Gasteiger partial charge in [0.2, 0.25) is 0 Å². The van der Waals surface area contributed by atoms with Crippen molar-refractivity contribution in [3.8, 4) is 0 Å². The highest BCUT2D eigenvalue weighted by Gasteiger charge is 2.34. The number of nitrogens with zero attached hydrogens (tertiary/aromatic N) is 3. The van der Waals surface area contributed by atoms with Crippen molar-refractivity contribution in [2.24, 2.45) is 0 Å². The molecule has 0 atom stereocenters. The van der Waals surface area contributed by atoms with Crippen molar-refractivity contribution >= 4 is 45.5 Å². The lowest BCUT2D eigenvalue weighted by molar-refractivity contribution is -0.171. The smallest absolute Gasteiger partial charge is 0.434 e. The minimum atomic E-state index is -0.708. The Hall–Kier alpha value is -2.84. The summed E-state index contributed by atoms with van der Waals surface area (Å²) >= 11 is 6.18. The molecule has 3 aromatic rings. The molecule has 2 aromatic heterocycles. The van der Waals surface area contributed by atoms with Crippen molar-refractivity contribution in [1.82, 2.24) is 14.6 Å². The third-order valence-corrected chi connectivity index (χ3v) is 5.05. The van der Waals surface area contributed by atoms with Crippen molar-refractivity contribution < 1.29 is 23.9 Å². The third kappa shape index (κ3) is 4.25. The molecule has 0 saturated heterocycles. The second-order valence-electron chi connectivity index (χ2n) is 9.72. The van der Waals surface area contributed by atoms with Gasteiger partial charge in [0.05, 0.1) is 17.8 Å². The van der Waals surface area contributed by atoms with Crippen LogP contribution in [0.2, 0.25) is 5.15 Å². The van der Waals surface area contributed by atoms with E-state index in [1.165, 1.54) is 4.57 Å². The first-order valence-electron chi connectivity index (χ1n) is 10.3. The van der Waals surface area contributed by atoms with Gasteiger partial charge in [0.25, 0.3) is 0 Å². The Morgan fingerprint density at radius 3 is 2.34 bits per heavy atom. The van der Waals surface area contributed by atoms with Crippen LogP contribution < -0.4 is 0 Å². The number of hydrogen-bond acceptors (Lipinski definition) is 6. The highest BCUT2D eigenvalue weighted by atomic mass is 35.5. The quantitative estimate of drug-likeness (QED) is 0.394. The van der Waals surface area contributed by atoms with Gasteiger partial charge in [0.15, 0.2) is 0 Å². The Bertz CT molecular complexity index is 1240. The Kier molecular flexibility index (Phi) is 5.33. The summed E-state index contributed by atoms with van der Waals surface area (Å²) in [7, 11) is 0. The number of rotatable bonds is 0. The van der Waals surface area contributed by atoms with E-state index >= 15 is 0 Å². The van der Waals surface area contributed by atoms with E-state index in [0.29, 0.717) is 16.4 Å². The van der Waals surface area contributed by atoms with E-state index in [9.17, 15) is 9.59 Å². The summed E-state index contributed by atoms with van der Waals surface area (Å²) in [6, 6.07) is 5.55. The predicted octanol–water partition coefficient (Wildman–Crippen LogP) is 5.81. The van der Waals surface area contributed by atoms with Crippen molar-refractivity contribution in [3.63, 3.8) is 0 Å². The van der Waals surface area contributed by atoms with Gasteiger partial charge in [0, 0.05) is 27.9 Å². The molecule has 0 N–H and O–H groups in total. The number of ether oxygens (including phenoxy) is 2. The third-order valence-electron chi connectivity index (χ3n) is 4.84. The summed E-state index contributed by atoms with van der Waals surface area (Å²) in [6.07, 6.45) is 0.489. The standard InChI is InChI=1S/C23H26ClN3O5/c1-22(2,3)31-20(28)26-11-17-16(12-30-26)14-8-7-13-10-25-18(24)9-15(13)19(14)27(17)21(29)32-23(4,5)6/h7-10H,11-12H2,1-6H3. The second kappa shape index (κ2) is 7.64. The molecule has 0 bridgehead atoms. The largest absolute Gasteiger partial charge is 0.443 e. The zero-order chi connectivity index (χ0) is 23.4. The normalized spacial score (nSPS) is 14.5. The Morgan fingerprint density at radius 1 is 1.03 bits per heavy atom. The number of fused-ring (bicyclic) bond motifs is 5. The summed E-state index contributed by atoms with van der Waals surface area (Å²) in [4.78, 5) is 35.8. The van der Waals surface area contributed by atoms with Crippen LogP contribution >= 0.6 is 11.6 Å². The molecular weight excluding hydrogens is 434 g/mol. The first-order valence-corrected chi connectivity index (χ1v) is 10.7. The number of carbonyl (C=O) groups excluding carboxylic acids is 2. The van der Waals surface area contributed by atoms with Gasteiger partial charge in [-0.3, -0.25) is 4.84 Å². The van der Waals surface area contributed by atoms with Crippen molar-refractivity contribution in [3.05, 3.63) is 40.8 Å². The summed E-state index contributed by atoms with van der Waals surface area (Å²) in [5.41, 5.74) is 0.659. The maximum absolute atomic E-state index is 13.4. The topological polar surface area (TPSA) is 82.9 Å². The zero-order valence-corrected chi connectivity index (χ0v) is 19.7. The van der Waals surface area contributed by atoms with Crippen molar-refractivity contribution in [1.29, 1.82) is 0 Å². The van der Waals surface area contributed by atoms with Crippen LogP contribution in [0, 0.1) is 0 Å². The Morgan fingerprint density at radius 2 is 1.69 bits per heavy atom. The second-order valence-corrected chi connectivity index (χ2v) is 10.1. The minimum Gasteiger partial charge on any atom is -0.443 e. The van der Waals surface area contributed by atoms with E-state index in [1.54, 1.807) is 53.8 Å². The van der Waals surface area contributed by atoms with E-state index in [1.807, 2.05) is 12.1 Å². The average molecular weight is 460 g/mol. The number of pyridine rings is 1. The van der Waals surface area contributed by atoms with Gasteiger partial charge in [0.1, 0.15) is 23.0 Å². The Labute approximate surface area is 190 Å². The van der Waals surface area contributed by atoms with Crippen LogP contribution in [0.5, 0.6) is 0 Å². The highest BCUT2D eigenvalue weighted by Crippen LogP contribution is 2.37. The number of carbonyl (C=O) groups is 2. The number of hydrogen-bond donors (Lipinski definition) is 0. The highest BCUT2D eigenvalue weighted by molar-refractivity contribution is 6.30. The van der Waals surface area contributed by atoms with Crippen LogP contribution in [0.25, 0.3) is 21.7 Å². The minimum absolute atomic E-state index is 0.0263. The lowest BCUT2D eigenvalue weighted by Crippen LogP contribution is -2.39. The molecular formula is C23H26ClN3O5. The van der Waals surface area contributed by atoms with Gasteiger partial charge < -0.3 is 9.47 Å². The number of hydroxylamine groups is 2. The SMILES string of the molecule is CC(C)(C)OC(=O)N1Cc2c(c3ccc4cnc(Cl)cc4c3n2C(=O)OC(C)(C)C)CO1. The molecule has 0 unspecified atom stereocenters. The fourth-order valence-electron chi connectivity index (χ4n) is 3.68. The molecule has 0 aliphatic carbocycles. The van der Waals surface area contributed by atoms with Crippen LogP contribution in [-0.4, -0.2) is 38.0 Å². The van der Waals surface area contributed by atoms with E-state index in [4.69, 9.17) is 25.9 Å². The molecule has 1 aromatic carbocycles. The molecule has 8 nitrogen and oxygen atoms in total.